The summed E-state index contributed by atoms with van der Waals surface area (Å²) in [5, 5.41) is 3.11. The molecule has 0 bridgehead atoms. The van der Waals surface area contributed by atoms with Gasteiger partial charge in [-0.3, -0.25) is 9.59 Å². The molecule has 2 amide bonds. The fraction of sp³-hybridized carbons (Fsp3) is 0.143. The molecule has 0 saturated heterocycles. The summed E-state index contributed by atoms with van der Waals surface area (Å²) < 4.78 is 0.895. The number of amides is 2. The SMILES string of the molecule is [N-]=[N+]=NC(=O)c1cc2c(s1)SCC(=O)N2Cc1ccccc1. The minimum atomic E-state index is -0.616. The van der Waals surface area contributed by atoms with Gasteiger partial charge in [-0.1, -0.05) is 30.3 Å². The third-order valence-electron chi connectivity index (χ3n) is 3.13. The second-order valence-corrected chi connectivity index (χ2v) is 6.83. The molecular weight excluding hydrogens is 320 g/mol. The largest absolute Gasteiger partial charge is 0.305 e. The number of nitrogens with zero attached hydrogens (tertiary/aromatic N) is 4. The number of carbonyl (C=O) groups excluding carboxylic acids is 2. The maximum atomic E-state index is 12.2. The zero-order chi connectivity index (χ0) is 15.5. The second-order valence-electron chi connectivity index (χ2n) is 4.53. The molecule has 0 aliphatic carbocycles. The summed E-state index contributed by atoms with van der Waals surface area (Å²) in [6, 6.07) is 11.3. The van der Waals surface area contributed by atoms with Crippen molar-refractivity contribution < 1.29 is 9.59 Å². The first-order valence-electron chi connectivity index (χ1n) is 6.39. The van der Waals surface area contributed by atoms with Crippen LogP contribution in [0.15, 0.2) is 45.7 Å². The van der Waals surface area contributed by atoms with E-state index < -0.39 is 5.91 Å². The van der Waals surface area contributed by atoms with Gasteiger partial charge in [0.25, 0.3) is 5.91 Å². The van der Waals surface area contributed by atoms with Crippen LogP contribution in [0.5, 0.6) is 0 Å². The number of anilines is 1. The summed E-state index contributed by atoms with van der Waals surface area (Å²) in [5.74, 6) is -0.272. The number of thiophene rings is 1. The highest BCUT2D eigenvalue weighted by molar-refractivity contribution is 8.02. The van der Waals surface area contributed by atoms with Crippen LogP contribution in [0.2, 0.25) is 0 Å². The van der Waals surface area contributed by atoms with Crippen molar-refractivity contribution >= 4 is 40.6 Å². The van der Waals surface area contributed by atoms with Crippen LogP contribution in [0.25, 0.3) is 10.4 Å². The Kier molecular flexibility index (Phi) is 4.15. The van der Waals surface area contributed by atoms with Gasteiger partial charge in [0.1, 0.15) is 0 Å². The molecule has 1 aliphatic rings. The molecule has 2 aromatic rings. The van der Waals surface area contributed by atoms with Crippen molar-refractivity contribution in [2.45, 2.75) is 10.8 Å². The van der Waals surface area contributed by atoms with Crippen LogP contribution in [0.3, 0.4) is 0 Å². The van der Waals surface area contributed by atoms with Crippen molar-refractivity contribution in [3.63, 3.8) is 0 Å². The van der Waals surface area contributed by atoms with Crippen LogP contribution in [0.4, 0.5) is 5.69 Å². The third kappa shape index (κ3) is 2.85. The molecule has 1 aromatic heterocycles. The molecule has 6 nitrogen and oxygen atoms in total. The molecule has 8 heteroatoms. The lowest BCUT2D eigenvalue weighted by Gasteiger charge is -2.26. The lowest BCUT2D eigenvalue weighted by molar-refractivity contribution is -0.116. The van der Waals surface area contributed by atoms with E-state index in [-0.39, 0.29) is 5.91 Å². The van der Waals surface area contributed by atoms with Crippen LogP contribution < -0.4 is 4.90 Å². The van der Waals surface area contributed by atoms with Gasteiger partial charge in [-0.2, -0.15) is 0 Å². The quantitative estimate of drug-likeness (QED) is 0.487. The highest BCUT2D eigenvalue weighted by atomic mass is 32.2. The molecule has 110 valence electrons. The van der Waals surface area contributed by atoms with Gasteiger partial charge in [-0.25, -0.2) is 0 Å². The lowest BCUT2D eigenvalue weighted by atomic mass is 10.2. The van der Waals surface area contributed by atoms with E-state index in [2.05, 4.69) is 10.0 Å². The number of thioether (sulfide) groups is 1. The van der Waals surface area contributed by atoms with Gasteiger partial charge in [-0.05, 0) is 22.3 Å². The third-order valence-corrected chi connectivity index (χ3v) is 5.50. The normalized spacial score (nSPS) is 13.5. The van der Waals surface area contributed by atoms with Crippen LogP contribution in [-0.4, -0.2) is 17.6 Å². The molecule has 1 aliphatic heterocycles. The van der Waals surface area contributed by atoms with Gasteiger partial charge in [0.15, 0.2) is 0 Å². The number of rotatable bonds is 3. The van der Waals surface area contributed by atoms with E-state index in [0.29, 0.717) is 22.9 Å². The van der Waals surface area contributed by atoms with Gasteiger partial charge in [-0.15, -0.1) is 23.1 Å². The molecule has 0 fully saturated rings. The Hall–Kier alpha value is -2.28. The first-order valence-corrected chi connectivity index (χ1v) is 8.19. The lowest BCUT2D eigenvalue weighted by Crippen LogP contribution is -2.34. The molecule has 2 heterocycles. The highest BCUT2D eigenvalue weighted by Crippen LogP contribution is 2.42. The Morgan fingerprint density at radius 3 is 2.86 bits per heavy atom. The predicted molar refractivity (Wildman–Crippen MR) is 86.2 cm³/mol. The van der Waals surface area contributed by atoms with Crippen molar-refractivity contribution in [1.29, 1.82) is 0 Å². The van der Waals surface area contributed by atoms with Gasteiger partial charge >= 0.3 is 0 Å². The number of carbonyl (C=O) groups is 2. The van der Waals surface area contributed by atoms with Crippen molar-refractivity contribution in [3.8, 4) is 0 Å². The summed E-state index contributed by atoms with van der Waals surface area (Å²) >= 11 is 2.66. The van der Waals surface area contributed by atoms with Gasteiger partial charge < -0.3 is 4.90 Å². The maximum absolute atomic E-state index is 12.2. The van der Waals surface area contributed by atoms with Gasteiger partial charge in [0.2, 0.25) is 5.91 Å². The molecule has 0 radical (unpaired) electrons. The number of benzene rings is 1. The van der Waals surface area contributed by atoms with Crippen molar-refractivity contribution in [2.24, 2.45) is 5.11 Å². The highest BCUT2D eigenvalue weighted by Gasteiger charge is 2.28. The molecule has 0 unspecified atom stereocenters. The number of fused-ring (bicyclic) bond motifs is 1. The van der Waals surface area contributed by atoms with E-state index in [0.717, 1.165) is 9.77 Å². The van der Waals surface area contributed by atoms with Crippen molar-refractivity contribution in [2.75, 3.05) is 10.7 Å². The Bertz CT molecular complexity index is 781. The topological polar surface area (TPSA) is 86.1 Å². The van der Waals surface area contributed by atoms with E-state index in [4.69, 9.17) is 5.53 Å². The summed E-state index contributed by atoms with van der Waals surface area (Å²) in [6.07, 6.45) is 0. The molecule has 0 N–H and O–H groups in total. The monoisotopic (exact) mass is 330 g/mol. The smallest absolute Gasteiger partial charge is 0.259 e. The van der Waals surface area contributed by atoms with Crippen molar-refractivity contribution in [3.05, 3.63) is 57.3 Å². The van der Waals surface area contributed by atoms with E-state index in [1.807, 2.05) is 30.3 Å². The molecule has 0 atom stereocenters. The summed E-state index contributed by atoms with van der Waals surface area (Å²) in [7, 11) is 0. The summed E-state index contributed by atoms with van der Waals surface area (Å²) in [5.41, 5.74) is 10.1. The number of hydrogen-bond donors (Lipinski definition) is 0. The molecule has 0 saturated carbocycles. The predicted octanol–water partition coefficient (Wildman–Crippen LogP) is 3.84. The van der Waals surface area contributed by atoms with Crippen LogP contribution in [0.1, 0.15) is 15.2 Å². The fourth-order valence-corrected chi connectivity index (χ4v) is 4.31. The summed E-state index contributed by atoms with van der Waals surface area (Å²) in [6.45, 7) is 0.457. The Balaban J connectivity index is 1.94. The van der Waals surface area contributed by atoms with E-state index in [1.54, 1.807) is 11.0 Å². The molecule has 1 aromatic carbocycles. The van der Waals surface area contributed by atoms with E-state index in [9.17, 15) is 9.59 Å². The standard InChI is InChI=1S/C14H10N4O2S2/c15-17-16-13(20)11-6-10-14(22-11)21-8-12(19)18(10)7-9-4-2-1-3-5-9/h1-6H,7-8H2. The first-order chi connectivity index (χ1) is 10.7. The van der Waals surface area contributed by atoms with E-state index >= 15 is 0 Å². The van der Waals surface area contributed by atoms with Gasteiger partial charge in [0, 0.05) is 4.91 Å². The number of hydrogen-bond acceptors (Lipinski definition) is 4. The summed E-state index contributed by atoms with van der Waals surface area (Å²) in [4.78, 5) is 28.4. The van der Waals surface area contributed by atoms with Crippen LogP contribution in [0, 0.1) is 0 Å². The Morgan fingerprint density at radius 1 is 1.36 bits per heavy atom. The Morgan fingerprint density at radius 2 is 2.14 bits per heavy atom. The zero-order valence-corrected chi connectivity index (χ0v) is 12.9. The Labute approximate surface area is 134 Å². The average molecular weight is 330 g/mol. The minimum Gasteiger partial charge on any atom is -0.305 e. The molecule has 3 rings (SSSR count). The molecule has 0 spiro atoms. The fourth-order valence-electron chi connectivity index (χ4n) is 2.13. The number of azide groups is 1. The molecular formula is C14H10N4O2S2. The second kappa shape index (κ2) is 6.23. The first kappa shape index (κ1) is 14.6. The van der Waals surface area contributed by atoms with Crippen LogP contribution in [-0.2, 0) is 11.3 Å². The average Bonchev–Trinajstić information content (AvgIpc) is 2.96. The maximum Gasteiger partial charge on any atom is 0.259 e. The zero-order valence-electron chi connectivity index (χ0n) is 11.3. The van der Waals surface area contributed by atoms with Crippen LogP contribution >= 0.6 is 23.1 Å². The minimum absolute atomic E-state index is 0.00179. The van der Waals surface area contributed by atoms with Gasteiger partial charge in [0.05, 0.1) is 27.1 Å². The molecule has 22 heavy (non-hydrogen) atoms. The van der Waals surface area contributed by atoms with Crippen molar-refractivity contribution in [1.82, 2.24) is 0 Å². The van der Waals surface area contributed by atoms with E-state index in [1.165, 1.54) is 23.1 Å².